The molecule has 0 radical (unpaired) electrons. The third-order valence-electron chi connectivity index (χ3n) is 3.87. The molecule has 0 amide bonds. The fourth-order valence-corrected chi connectivity index (χ4v) is 3.99. The van der Waals surface area contributed by atoms with E-state index in [1.807, 2.05) is 30.3 Å². The Morgan fingerprint density at radius 3 is 2.64 bits per heavy atom. The Bertz CT molecular complexity index is 1020. The van der Waals surface area contributed by atoms with Gasteiger partial charge in [0, 0.05) is 12.1 Å². The largest absolute Gasteiger partial charge is 0.456 e. The molecule has 4 rings (SSSR count). The van der Waals surface area contributed by atoms with E-state index < -0.39 is 10.0 Å². The van der Waals surface area contributed by atoms with Gasteiger partial charge in [-0.25, -0.2) is 8.42 Å². The summed E-state index contributed by atoms with van der Waals surface area (Å²) in [6.07, 6.45) is 1.59. The van der Waals surface area contributed by atoms with Gasteiger partial charge in [-0.3, -0.25) is 9.71 Å². The van der Waals surface area contributed by atoms with Gasteiger partial charge >= 0.3 is 0 Å². The molecule has 0 bridgehead atoms. The lowest BCUT2D eigenvalue weighted by atomic mass is 10.2. The van der Waals surface area contributed by atoms with E-state index in [0.717, 1.165) is 0 Å². The maximum absolute atomic E-state index is 11.9. The van der Waals surface area contributed by atoms with Crippen molar-refractivity contribution in [3.63, 3.8) is 0 Å². The van der Waals surface area contributed by atoms with E-state index in [2.05, 4.69) is 9.71 Å². The molecule has 0 spiro atoms. The number of aromatic nitrogens is 2. The van der Waals surface area contributed by atoms with Crippen molar-refractivity contribution in [1.82, 2.24) is 9.55 Å². The van der Waals surface area contributed by atoms with Crippen LogP contribution in [0.5, 0.6) is 11.5 Å². The van der Waals surface area contributed by atoms with Crippen molar-refractivity contribution in [3.8, 4) is 22.8 Å². The number of halogens is 1. The Labute approximate surface area is 150 Å². The molecule has 0 unspecified atom stereocenters. The molecular weight excluding hydrogens is 362 g/mol. The number of fused-ring (bicyclic) bond motifs is 1. The summed E-state index contributed by atoms with van der Waals surface area (Å²) < 4.78 is 33.7. The van der Waals surface area contributed by atoms with Crippen LogP contribution in [0.2, 0.25) is 5.15 Å². The number of hydrogen-bond acceptors (Lipinski definition) is 4. The summed E-state index contributed by atoms with van der Waals surface area (Å²) in [5.41, 5.74) is 1.25. The van der Waals surface area contributed by atoms with Crippen LogP contribution in [0.1, 0.15) is 0 Å². The van der Waals surface area contributed by atoms with Crippen molar-refractivity contribution in [1.29, 1.82) is 0 Å². The topological polar surface area (TPSA) is 73.2 Å². The zero-order valence-electron chi connectivity index (χ0n) is 13.0. The number of sulfonamides is 1. The van der Waals surface area contributed by atoms with Crippen LogP contribution in [-0.4, -0.2) is 23.7 Å². The first kappa shape index (κ1) is 16.0. The van der Waals surface area contributed by atoms with Crippen LogP contribution in [0, 0.1) is 0 Å². The molecule has 25 heavy (non-hydrogen) atoms. The van der Waals surface area contributed by atoms with Crippen molar-refractivity contribution in [2.24, 2.45) is 0 Å². The summed E-state index contributed by atoms with van der Waals surface area (Å²) in [5.74, 6) is 1.76. The number of anilines is 1. The molecule has 0 aliphatic carbocycles. The number of nitrogens with zero attached hydrogens (tertiary/aromatic N) is 2. The van der Waals surface area contributed by atoms with Crippen LogP contribution in [-0.2, 0) is 16.6 Å². The molecule has 0 saturated carbocycles. The lowest BCUT2D eigenvalue weighted by molar-refractivity contribution is 0.480. The monoisotopic (exact) mass is 375 g/mol. The molecule has 0 atom stereocenters. The van der Waals surface area contributed by atoms with Gasteiger partial charge in [0.15, 0.2) is 0 Å². The van der Waals surface area contributed by atoms with Crippen LogP contribution in [0.3, 0.4) is 0 Å². The second-order valence-electron chi connectivity index (χ2n) is 5.60. The highest BCUT2D eigenvalue weighted by Crippen LogP contribution is 2.36. The molecule has 0 fully saturated rings. The van der Waals surface area contributed by atoms with Crippen molar-refractivity contribution in [2.45, 2.75) is 6.54 Å². The minimum absolute atomic E-state index is 0.00508. The van der Waals surface area contributed by atoms with Gasteiger partial charge in [0.25, 0.3) is 0 Å². The summed E-state index contributed by atoms with van der Waals surface area (Å²) >= 11 is 6.22. The Hall–Kier alpha value is -2.51. The molecule has 0 saturated heterocycles. The Balaban J connectivity index is 1.65. The van der Waals surface area contributed by atoms with Gasteiger partial charge in [-0.2, -0.15) is 0 Å². The zero-order valence-corrected chi connectivity index (χ0v) is 14.6. The number of hydrogen-bond donors (Lipinski definition) is 1. The molecule has 6 nitrogen and oxygen atoms in total. The fourth-order valence-electron chi connectivity index (χ4n) is 2.68. The maximum Gasteiger partial charge on any atom is 0.235 e. The molecule has 128 valence electrons. The molecule has 1 aliphatic heterocycles. The summed E-state index contributed by atoms with van der Waals surface area (Å²) in [7, 11) is -3.34. The lowest BCUT2D eigenvalue weighted by Gasteiger charge is -2.19. The smallest absolute Gasteiger partial charge is 0.235 e. The van der Waals surface area contributed by atoms with Crippen LogP contribution in [0.4, 0.5) is 5.82 Å². The Morgan fingerprint density at radius 1 is 1.12 bits per heavy atom. The zero-order chi connectivity index (χ0) is 17.4. The molecular formula is C17H14ClN3O3S. The predicted molar refractivity (Wildman–Crippen MR) is 96.6 cm³/mol. The number of nitrogens with one attached hydrogen (secondary N) is 1. The average molecular weight is 376 g/mol. The number of benzene rings is 1. The van der Waals surface area contributed by atoms with Gasteiger partial charge in [0.1, 0.15) is 22.5 Å². The number of rotatable bonds is 3. The second-order valence-corrected chi connectivity index (χ2v) is 7.83. The van der Waals surface area contributed by atoms with E-state index in [-0.39, 0.29) is 5.75 Å². The highest BCUT2D eigenvalue weighted by atomic mass is 35.5. The van der Waals surface area contributed by atoms with Gasteiger partial charge in [0.05, 0.1) is 17.6 Å². The van der Waals surface area contributed by atoms with Crippen LogP contribution in [0.25, 0.3) is 11.3 Å². The van der Waals surface area contributed by atoms with Gasteiger partial charge in [-0.1, -0.05) is 29.8 Å². The van der Waals surface area contributed by atoms with Crippen molar-refractivity contribution >= 4 is 27.4 Å². The lowest BCUT2D eigenvalue weighted by Crippen LogP contribution is -2.27. The van der Waals surface area contributed by atoms with E-state index in [4.69, 9.17) is 16.3 Å². The molecule has 1 aliphatic rings. The third-order valence-corrected chi connectivity index (χ3v) is 5.41. The highest BCUT2D eigenvalue weighted by Gasteiger charge is 2.26. The van der Waals surface area contributed by atoms with Crippen LogP contribution >= 0.6 is 11.6 Å². The third kappa shape index (κ3) is 3.20. The molecule has 3 aromatic rings. The number of ether oxygens (including phenoxy) is 1. The van der Waals surface area contributed by atoms with Crippen molar-refractivity contribution < 1.29 is 13.2 Å². The van der Waals surface area contributed by atoms with E-state index >= 15 is 0 Å². The van der Waals surface area contributed by atoms with Crippen molar-refractivity contribution in [3.05, 3.63) is 59.9 Å². The van der Waals surface area contributed by atoms with Crippen LogP contribution in [0.15, 0.2) is 54.7 Å². The standard InChI is InChI=1S/C17H14ClN3O3S/c18-16-10-14(17-20-25(22,23)9-8-21(16)17)15-7-6-13(11-19-15)24-12-4-2-1-3-5-12/h1-7,10-11,20H,8-9H2. The SMILES string of the molecule is O=S1(=O)CCn2c(Cl)cc(-c3ccc(Oc4ccccc4)cn3)c2N1. The molecule has 2 aromatic heterocycles. The highest BCUT2D eigenvalue weighted by molar-refractivity contribution is 7.92. The first-order valence-electron chi connectivity index (χ1n) is 7.61. The molecule has 1 aromatic carbocycles. The first-order valence-corrected chi connectivity index (χ1v) is 9.64. The van der Waals surface area contributed by atoms with Crippen molar-refractivity contribution in [2.75, 3.05) is 10.5 Å². The average Bonchev–Trinajstić information content (AvgIpc) is 2.91. The quantitative estimate of drug-likeness (QED) is 0.756. The van der Waals surface area contributed by atoms with Gasteiger partial charge < -0.3 is 9.30 Å². The van der Waals surface area contributed by atoms with E-state index in [1.54, 1.807) is 29.0 Å². The van der Waals surface area contributed by atoms with Gasteiger partial charge in [-0.15, -0.1) is 0 Å². The van der Waals surface area contributed by atoms with Gasteiger partial charge in [-0.05, 0) is 30.3 Å². The first-order chi connectivity index (χ1) is 12.0. The minimum Gasteiger partial charge on any atom is -0.456 e. The molecule has 8 heteroatoms. The van der Waals surface area contributed by atoms with E-state index in [0.29, 0.717) is 40.3 Å². The second kappa shape index (κ2) is 6.09. The molecule has 3 heterocycles. The Kier molecular flexibility index (Phi) is 3.89. The maximum atomic E-state index is 11.9. The predicted octanol–water partition coefficient (Wildman–Crippen LogP) is 3.75. The van der Waals surface area contributed by atoms with E-state index in [9.17, 15) is 8.42 Å². The normalized spacial score (nSPS) is 15.2. The Morgan fingerprint density at radius 2 is 1.92 bits per heavy atom. The summed E-state index contributed by atoms with van der Waals surface area (Å²) in [6.45, 7) is 0.318. The minimum atomic E-state index is -3.34. The fraction of sp³-hybridized carbons (Fsp3) is 0.118. The summed E-state index contributed by atoms with van der Waals surface area (Å²) in [5, 5.41) is 0.471. The van der Waals surface area contributed by atoms with Crippen LogP contribution < -0.4 is 9.46 Å². The summed E-state index contributed by atoms with van der Waals surface area (Å²) in [4.78, 5) is 4.38. The molecule has 1 N–H and O–H groups in total. The number of para-hydroxylation sites is 1. The van der Waals surface area contributed by atoms with Gasteiger partial charge in [0.2, 0.25) is 10.0 Å². The summed E-state index contributed by atoms with van der Waals surface area (Å²) in [6, 6.07) is 14.7. The van der Waals surface area contributed by atoms with E-state index in [1.165, 1.54) is 0 Å². The number of pyridine rings is 1.